The fourth-order valence-corrected chi connectivity index (χ4v) is 4.56. The van der Waals surface area contributed by atoms with Gasteiger partial charge in [-0.15, -0.1) is 0 Å². The second-order valence-electron chi connectivity index (χ2n) is 8.13. The third kappa shape index (κ3) is 6.88. The Morgan fingerprint density at radius 1 is 0.944 bits per heavy atom. The Morgan fingerprint density at radius 3 is 2.11 bits per heavy atom. The predicted molar refractivity (Wildman–Crippen MR) is 124 cm³/mol. The molecular weight excluding hydrogens is 494 g/mol. The van der Waals surface area contributed by atoms with Crippen LogP contribution in [0.15, 0.2) is 59.5 Å². The average Bonchev–Trinajstić information content (AvgIpc) is 2.82. The molecule has 0 saturated carbocycles. The van der Waals surface area contributed by atoms with Gasteiger partial charge in [-0.2, -0.15) is 8.42 Å². The first kappa shape index (κ1) is 27.3. The molecule has 2 aromatic rings. The van der Waals surface area contributed by atoms with Crippen LogP contribution in [0.3, 0.4) is 0 Å². The first-order valence-corrected chi connectivity index (χ1v) is 12.4. The molecule has 0 spiro atoms. The van der Waals surface area contributed by atoms with Gasteiger partial charge in [-0.05, 0) is 31.2 Å². The van der Waals surface area contributed by atoms with Crippen LogP contribution in [0.2, 0.25) is 0 Å². The van der Waals surface area contributed by atoms with Gasteiger partial charge in [0.1, 0.15) is 12.1 Å². The Balaban J connectivity index is 1.89. The molecule has 2 aromatic carbocycles. The highest BCUT2D eigenvalue weighted by Crippen LogP contribution is 2.27. The van der Waals surface area contributed by atoms with E-state index >= 15 is 0 Å². The summed E-state index contributed by atoms with van der Waals surface area (Å²) in [6, 6.07) is 12.7. The number of esters is 2. The molecule has 1 fully saturated rings. The number of aliphatic hydroxyl groups excluding tert-OH is 1. The van der Waals surface area contributed by atoms with Crippen LogP contribution in [0, 0.1) is 6.92 Å². The largest absolute Gasteiger partial charge is 0.457 e. The van der Waals surface area contributed by atoms with Crippen molar-refractivity contribution in [2.45, 2.75) is 56.3 Å². The number of carbonyl (C=O) groups excluding carboxylic acids is 3. The molecule has 1 aliphatic heterocycles. The Labute approximate surface area is 208 Å². The summed E-state index contributed by atoms with van der Waals surface area (Å²) < 4.78 is 46.4. The molecule has 5 atom stereocenters. The highest BCUT2D eigenvalue weighted by molar-refractivity contribution is 7.86. The fraction of sp³-hybridized carbons (Fsp3) is 0.375. The van der Waals surface area contributed by atoms with Crippen molar-refractivity contribution in [1.82, 2.24) is 5.32 Å². The van der Waals surface area contributed by atoms with Gasteiger partial charge in [0.15, 0.2) is 18.5 Å². The first-order chi connectivity index (χ1) is 17.0. The Hall–Kier alpha value is -3.32. The van der Waals surface area contributed by atoms with E-state index in [4.69, 9.17) is 18.4 Å². The van der Waals surface area contributed by atoms with Crippen LogP contribution in [0.25, 0.3) is 0 Å². The van der Waals surface area contributed by atoms with Gasteiger partial charge in [0.2, 0.25) is 0 Å². The van der Waals surface area contributed by atoms with E-state index in [1.807, 2.05) is 0 Å². The van der Waals surface area contributed by atoms with Gasteiger partial charge in [-0.1, -0.05) is 35.9 Å². The summed E-state index contributed by atoms with van der Waals surface area (Å²) in [4.78, 5) is 36.4. The zero-order valence-electron chi connectivity index (χ0n) is 19.8. The molecule has 5 unspecified atom stereocenters. The van der Waals surface area contributed by atoms with E-state index < -0.39 is 65.2 Å². The minimum atomic E-state index is -4.24. The van der Waals surface area contributed by atoms with Gasteiger partial charge in [0, 0.05) is 19.4 Å². The Morgan fingerprint density at radius 2 is 1.53 bits per heavy atom. The minimum Gasteiger partial charge on any atom is -0.457 e. The molecule has 11 nitrogen and oxygen atoms in total. The van der Waals surface area contributed by atoms with Crippen molar-refractivity contribution in [3.05, 3.63) is 65.7 Å². The van der Waals surface area contributed by atoms with Crippen molar-refractivity contribution in [2.75, 3.05) is 6.61 Å². The number of ether oxygens (including phenoxy) is 3. The zero-order valence-corrected chi connectivity index (χ0v) is 20.6. The minimum absolute atomic E-state index is 0.111. The van der Waals surface area contributed by atoms with Gasteiger partial charge in [0.25, 0.3) is 16.0 Å². The van der Waals surface area contributed by atoms with Crippen molar-refractivity contribution in [2.24, 2.45) is 0 Å². The molecule has 1 heterocycles. The Kier molecular flexibility index (Phi) is 8.79. The number of aliphatic hydroxyl groups is 1. The number of carbonyl (C=O) groups is 3. The molecule has 194 valence electrons. The summed E-state index contributed by atoms with van der Waals surface area (Å²) in [5.41, 5.74) is 1.09. The molecule has 12 heteroatoms. The molecule has 0 aliphatic carbocycles. The number of hydrogen-bond acceptors (Lipinski definition) is 10. The third-order valence-corrected chi connectivity index (χ3v) is 6.60. The molecule has 36 heavy (non-hydrogen) atoms. The summed E-state index contributed by atoms with van der Waals surface area (Å²) in [5, 5.41) is 13.2. The topological polar surface area (TPSA) is 155 Å². The first-order valence-electron chi connectivity index (χ1n) is 11.0. The van der Waals surface area contributed by atoms with Crippen molar-refractivity contribution in [3.63, 3.8) is 0 Å². The maximum Gasteiger partial charge on any atom is 0.303 e. The van der Waals surface area contributed by atoms with E-state index in [2.05, 4.69) is 5.32 Å². The van der Waals surface area contributed by atoms with Crippen molar-refractivity contribution < 1.29 is 46.3 Å². The van der Waals surface area contributed by atoms with Gasteiger partial charge in [0.05, 0.1) is 11.5 Å². The number of aryl methyl sites for hydroxylation is 1. The van der Waals surface area contributed by atoms with Gasteiger partial charge < -0.3 is 24.6 Å². The maximum atomic E-state index is 12.9. The second kappa shape index (κ2) is 11.6. The predicted octanol–water partition coefficient (Wildman–Crippen LogP) is 1.08. The molecular formula is C24H27NO10S. The number of rotatable bonds is 8. The summed E-state index contributed by atoms with van der Waals surface area (Å²) >= 11 is 0. The van der Waals surface area contributed by atoms with Gasteiger partial charge >= 0.3 is 11.9 Å². The van der Waals surface area contributed by atoms with Crippen LogP contribution in [-0.2, 0) is 38.1 Å². The number of amides is 1. The third-order valence-electron chi connectivity index (χ3n) is 5.30. The molecule has 1 aliphatic rings. The van der Waals surface area contributed by atoms with Crippen LogP contribution in [-0.4, -0.2) is 68.6 Å². The highest BCUT2D eigenvalue weighted by atomic mass is 32.2. The number of benzene rings is 2. The molecule has 0 aromatic heterocycles. The standard InChI is InChI=1S/C24H27NO10S/c1-14-9-11-18(12-10-14)36(30,31)32-13-19-21(33-15(2)26)20(22(24(29)35-19)34-16(3)27)25-23(28)17-7-5-4-6-8-17/h4-12,19-22,24,29H,13H2,1-3H3,(H,25,28). The Bertz CT molecular complexity index is 1180. The SMILES string of the molecule is CC(=O)OC1C(O)OC(COS(=O)(=O)c2ccc(C)cc2)C(OC(C)=O)C1NC(=O)c1ccccc1. The smallest absolute Gasteiger partial charge is 0.303 e. The van der Waals surface area contributed by atoms with Crippen molar-refractivity contribution >= 4 is 28.0 Å². The summed E-state index contributed by atoms with van der Waals surface area (Å²) in [6.45, 7) is 3.31. The molecule has 0 bridgehead atoms. The second-order valence-corrected chi connectivity index (χ2v) is 9.75. The van der Waals surface area contributed by atoms with Crippen LogP contribution < -0.4 is 5.32 Å². The fourth-order valence-electron chi connectivity index (χ4n) is 3.65. The lowest BCUT2D eigenvalue weighted by Gasteiger charge is -2.43. The van der Waals surface area contributed by atoms with Gasteiger partial charge in [-0.25, -0.2) is 0 Å². The van der Waals surface area contributed by atoms with Crippen LogP contribution in [0.1, 0.15) is 29.8 Å². The number of nitrogens with one attached hydrogen (secondary N) is 1. The molecule has 2 N–H and O–H groups in total. The summed E-state index contributed by atoms with van der Waals surface area (Å²) in [5.74, 6) is -2.19. The van der Waals surface area contributed by atoms with E-state index in [1.165, 1.54) is 24.3 Å². The van der Waals surface area contributed by atoms with Crippen molar-refractivity contribution in [1.29, 1.82) is 0 Å². The van der Waals surface area contributed by atoms with E-state index in [0.29, 0.717) is 0 Å². The lowest BCUT2D eigenvalue weighted by molar-refractivity contribution is -0.268. The lowest BCUT2D eigenvalue weighted by atomic mass is 9.95. The molecule has 1 saturated heterocycles. The van der Waals surface area contributed by atoms with E-state index in [0.717, 1.165) is 19.4 Å². The van der Waals surface area contributed by atoms with Crippen LogP contribution >= 0.6 is 0 Å². The van der Waals surface area contributed by atoms with Crippen LogP contribution in [0.4, 0.5) is 0 Å². The average molecular weight is 522 g/mol. The highest BCUT2D eigenvalue weighted by Gasteiger charge is 2.50. The van der Waals surface area contributed by atoms with E-state index in [9.17, 15) is 27.9 Å². The zero-order chi connectivity index (χ0) is 26.5. The summed E-state index contributed by atoms with van der Waals surface area (Å²) in [6.07, 6.45) is -5.99. The normalized spacial score (nSPS) is 23.9. The number of hydrogen-bond donors (Lipinski definition) is 2. The van der Waals surface area contributed by atoms with E-state index in [1.54, 1.807) is 37.3 Å². The van der Waals surface area contributed by atoms with E-state index in [-0.39, 0.29) is 10.5 Å². The maximum absolute atomic E-state index is 12.9. The lowest BCUT2D eigenvalue weighted by Crippen LogP contribution is -2.66. The van der Waals surface area contributed by atoms with Crippen LogP contribution in [0.5, 0.6) is 0 Å². The van der Waals surface area contributed by atoms with Gasteiger partial charge in [-0.3, -0.25) is 18.6 Å². The molecule has 3 rings (SSSR count). The van der Waals surface area contributed by atoms with Crippen molar-refractivity contribution in [3.8, 4) is 0 Å². The quantitative estimate of drug-likeness (QED) is 0.381. The molecule has 0 radical (unpaired) electrons. The molecule has 1 amide bonds. The summed E-state index contributed by atoms with van der Waals surface area (Å²) in [7, 11) is -4.24. The monoisotopic (exact) mass is 521 g/mol.